The lowest BCUT2D eigenvalue weighted by atomic mass is 10.8. The molecule has 0 fully saturated rings. The summed E-state index contributed by atoms with van der Waals surface area (Å²) in [6, 6.07) is 1.06. The Morgan fingerprint density at radius 2 is 2.30 bits per heavy atom. The van der Waals surface area contributed by atoms with Gasteiger partial charge in [0.05, 0.1) is 6.61 Å². The van der Waals surface area contributed by atoms with E-state index in [0.29, 0.717) is 5.05 Å². The van der Waals surface area contributed by atoms with Gasteiger partial charge in [-0.05, 0) is 25.2 Å². The molecule has 0 bridgehead atoms. The van der Waals surface area contributed by atoms with Crippen molar-refractivity contribution >= 4 is 27.0 Å². The molecule has 0 aliphatic heterocycles. The maximum Gasteiger partial charge on any atom is 0.164 e. The second-order valence-corrected chi connectivity index (χ2v) is 3.99. The van der Waals surface area contributed by atoms with Gasteiger partial charge in [-0.1, -0.05) is 0 Å². The van der Waals surface area contributed by atoms with E-state index in [2.05, 4.69) is 0 Å². The molecule has 2 nitrogen and oxygen atoms in total. The van der Waals surface area contributed by atoms with Gasteiger partial charge in [0, 0.05) is 13.5 Å². The molecule has 0 heterocycles. The van der Waals surface area contributed by atoms with Crippen molar-refractivity contribution in [3.8, 4) is 0 Å². The van der Waals surface area contributed by atoms with Crippen LogP contribution in [-0.2, 0) is 9.16 Å². The normalized spacial score (nSPS) is 10.6. The molecule has 0 radical (unpaired) electrons. The topological polar surface area (TPSA) is 18.5 Å². The minimum Gasteiger partial charge on any atom is -0.488 e. The lowest BCUT2D eigenvalue weighted by molar-refractivity contribution is 0.314. The van der Waals surface area contributed by atoms with Crippen molar-refractivity contribution < 1.29 is 9.16 Å². The first-order chi connectivity index (χ1) is 4.77. The quantitative estimate of drug-likeness (QED) is 0.354. The van der Waals surface area contributed by atoms with Crippen molar-refractivity contribution in [2.24, 2.45) is 0 Å². The zero-order chi connectivity index (χ0) is 7.82. The third-order valence-electron chi connectivity index (χ3n) is 0.942. The zero-order valence-corrected chi connectivity index (χ0v) is 8.78. The standard InChI is InChI=1S/C6H14O2SSi/c1-3-8-10-5-4-7-6(2)9/h3-5,10H2,1-2H3. The summed E-state index contributed by atoms with van der Waals surface area (Å²) in [6.45, 7) is 5.38. The minimum absolute atomic E-state index is 0.316. The van der Waals surface area contributed by atoms with Crippen molar-refractivity contribution in [1.29, 1.82) is 0 Å². The number of hydrogen-bond acceptors (Lipinski definition) is 3. The molecule has 0 unspecified atom stereocenters. The largest absolute Gasteiger partial charge is 0.488 e. The average molecular weight is 178 g/mol. The highest BCUT2D eigenvalue weighted by molar-refractivity contribution is 7.80. The van der Waals surface area contributed by atoms with Gasteiger partial charge in [0.1, 0.15) is 0 Å². The molecule has 0 aromatic heterocycles. The summed E-state index contributed by atoms with van der Waals surface area (Å²) in [5.41, 5.74) is 0. The molecular weight excluding hydrogens is 164 g/mol. The SMILES string of the molecule is CCO[SiH2]CCOC(C)=S. The molecule has 0 amide bonds. The smallest absolute Gasteiger partial charge is 0.164 e. The maximum absolute atomic E-state index is 5.23. The van der Waals surface area contributed by atoms with Crippen LogP contribution in [0.25, 0.3) is 0 Å². The van der Waals surface area contributed by atoms with Crippen LogP contribution in [-0.4, -0.2) is 28.0 Å². The molecule has 0 aliphatic rings. The van der Waals surface area contributed by atoms with Crippen LogP contribution in [0.3, 0.4) is 0 Å². The Morgan fingerprint density at radius 1 is 1.60 bits per heavy atom. The predicted octanol–water partition coefficient (Wildman–Crippen LogP) is 0.889. The Morgan fingerprint density at radius 3 is 2.80 bits per heavy atom. The average Bonchev–Trinajstić information content (AvgIpc) is 1.87. The molecule has 0 aromatic rings. The van der Waals surface area contributed by atoms with Crippen LogP contribution in [0.2, 0.25) is 6.04 Å². The number of hydrogen-bond donors (Lipinski definition) is 0. The first kappa shape index (κ1) is 10.1. The summed E-state index contributed by atoms with van der Waals surface area (Å²) in [6.07, 6.45) is 0. The van der Waals surface area contributed by atoms with E-state index in [0.717, 1.165) is 19.3 Å². The third-order valence-corrected chi connectivity index (χ3v) is 2.33. The van der Waals surface area contributed by atoms with Crippen LogP contribution < -0.4 is 0 Å². The van der Waals surface area contributed by atoms with Crippen LogP contribution in [0.5, 0.6) is 0 Å². The fourth-order valence-corrected chi connectivity index (χ4v) is 1.36. The molecule has 0 saturated carbocycles. The lowest BCUT2D eigenvalue weighted by Gasteiger charge is -2.02. The van der Waals surface area contributed by atoms with E-state index in [1.165, 1.54) is 0 Å². The first-order valence-corrected chi connectivity index (χ1v) is 5.47. The van der Waals surface area contributed by atoms with Gasteiger partial charge >= 0.3 is 0 Å². The molecule has 4 heteroatoms. The molecular formula is C6H14O2SSi. The Bertz CT molecular complexity index is 97.7. The second kappa shape index (κ2) is 7.18. The molecule has 0 saturated heterocycles. The number of rotatable bonds is 5. The van der Waals surface area contributed by atoms with E-state index in [1.54, 1.807) is 6.92 Å². The van der Waals surface area contributed by atoms with Crippen LogP contribution >= 0.6 is 12.2 Å². The van der Waals surface area contributed by atoms with Crippen LogP contribution in [0.1, 0.15) is 13.8 Å². The highest BCUT2D eigenvalue weighted by Gasteiger charge is 1.89. The van der Waals surface area contributed by atoms with Crippen molar-refractivity contribution in [2.45, 2.75) is 19.9 Å². The highest BCUT2D eigenvalue weighted by atomic mass is 32.1. The van der Waals surface area contributed by atoms with E-state index in [9.17, 15) is 0 Å². The van der Waals surface area contributed by atoms with Crippen molar-refractivity contribution in [1.82, 2.24) is 0 Å². The monoisotopic (exact) mass is 178 g/mol. The third kappa shape index (κ3) is 8.07. The zero-order valence-electron chi connectivity index (χ0n) is 6.55. The molecule has 0 spiro atoms. The molecule has 0 aromatic carbocycles. The first-order valence-electron chi connectivity index (χ1n) is 3.48. The summed E-state index contributed by atoms with van der Waals surface area (Å²) >= 11 is 4.73. The van der Waals surface area contributed by atoms with Gasteiger partial charge in [-0.3, -0.25) is 0 Å². The van der Waals surface area contributed by atoms with Gasteiger partial charge < -0.3 is 9.16 Å². The Labute approximate surface area is 69.8 Å². The van der Waals surface area contributed by atoms with Crippen molar-refractivity contribution in [2.75, 3.05) is 13.2 Å². The lowest BCUT2D eigenvalue weighted by Crippen LogP contribution is -2.04. The molecule has 0 aliphatic carbocycles. The summed E-state index contributed by atoms with van der Waals surface area (Å²) in [4.78, 5) is 0. The Hall–Kier alpha value is 0.0669. The van der Waals surface area contributed by atoms with Gasteiger partial charge in [-0.2, -0.15) is 0 Å². The van der Waals surface area contributed by atoms with Crippen molar-refractivity contribution in [3.63, 3.8) is 0 Å². The molecule has 0 atom stereocenters. The van der Waals surface area contributed by atoms with E-state index < -0.39 is 0 Å². The van der Waals surface area contributed by atoms with Gasteiger partial charge in [0.2, 0.25) is 0 Å². The summed E-state index contributed by atoms with van der Waals surface area (Å²) in [5.74, 6) is 0. The van der Waals surface area contributed by atoms with Gasteiger partial charge in [0.25, 0.3) is 0 Å². The van der Waals surface area contributed by atoms with Gasteiger partial charge in [-0.15, -0.1) is 0 Å². The number of thiocarbonyl (C=S) groups is 1. The van der Waals surface area contributed by atoms with Gasteiger partial charge in [0.15, 0.2) is 14.8 Å². The fourth-order valence-electron chi connectivity index (χ4n) is 0.521. The molecule has 10 heavy (non-hydrogen) atoms. The summed E-state index contributed by atoms with van der Waals surface area (Å²) in [7, 11) is -0.316. The fraction of sp³-hybridized carbons (Fsp3) is 0.833. The maximum atomic E-state index is 5.23. The van der Waals surface area contributed by atoms with Crippen LogP contribution in [0.15, 0.2) is 0 Å². The molecule has 0 rings (SSSR count). The van der Waals surface area contributed by atoms with Crippen LogP contribution in [0, 0.1) is 0 Å². The molecule has 60 valence electrons. The van der Waals surface area contributed by atoms with Gasteiger partial charge in [-0.25, -0.2) is 0 Å². The van der Waals surface area contributed by atoms with Crippen molar-refractivity contribution in [3.05, 3.63) is 0 Å². The minimum atomic E-state index is -0.316. The number of ether oxygens (including phenoxy) is 1. The van der Waals surface area contributed by atoms with E-state index in [4.69, 9.17) is 21.4 Å². The Balaban J connectivity index is 2.84. The van der Waals surface area contributed by atoms with E-state index in [-0.39, 0.29) is 9.76 Å². The Kier molecular flexibility index (Phi) is 7.23. The van der Waals surface area contributed by atoms with Crippen LogP contribution in [0.4, 0.5) is 0 Å². The second-order valence-electron chi connectivity index (χ2n) is 1.89. The summed E-state index contributed by atoms with van der Waals surface area (Å²) in [5, 5.41) is 0.630. The molecule has 0 N–H and O–H groups in total. The van der Waals surface area contributed by atoms with E-state index >= 15 is 0 Å². The summed E-state index contributed by atoms with van der Waals surface area (Å²) < 4.78 is 10.3. The van der Waals surface area contributed by atoms with E-state index in [1.807, 2.05) is 6.92 Å². The predicted molar refractivity (Wildman–Crippen MR) is 49.2 cm³/mol. The highest BCUT2D eigenvalue weighted by Crippen LogP contribution is 1.85.